The van der Waals surface area contributed by atoms with Crippen molar-refractivity contribution in [3.63, 3.8) is 0 Å². The third kappa shape index (κ3) is 1.67. The van der Waals surface area contributed by atoms with E-state index < -0.39 is 24.4 Å². The zero-order chi connectivity index (χ0) is 9.14. The summed E-state index contributed by atoms with van der Waals surface area (Å²) < 4.78 is 4.93. The molecule has 2 N–H and O–H groups in total. The minimum atomic E-state index is -1.09. The first-order valence-electron chi connectivity index (χ1n) is 3.56. The predicted octanol–water partition coefficient (Wildman–Crippen LogP) is -0.0324. The summed E-state index contributed by atoms with van der Waals surface area (Å²) in [6, 6.07) is -0.727. The molecule has 1 saturated heterocycles. The first-order chi connectivity index (χ1) is 5.66. The Bertz CT molecular complexity index is 204. The second-order valence-corrected chi connectivity index (χ2v) is 2.65. The van der Waals surface area contributed by atoms with Crippen LogP contribution in [0.5, 0.6) is 0 Å². The molecule has 1 radical (unpaired) electrons. The van der Waals surface area contributed by atoms with E-state index in [-0.39, 0.29) is 0 Å². The van der Waals surface area contributed by atoms with Crippen molar-refractivity contribution >= 4 is 0 Å². The summed E-state index contributed by atoms with van der Waals surface area (Å²) in [6.07, 6.45) is -2.57. The van der Waals surface area contributed by atoms with Crippen LogP contribution in [0.1, 0.15) is 6.92 Å². The average molecular weight is 172 g/mol. The van der Waals surface area contributed by atoms with Crippen molar-refractivity contribution in [2.45, 2.75) is 31.3 Å². The lowest BCUT2D eigenvalue weighted by Crippen LogP contribution is -2.48. The van der Waals surface area contributed by atoms with Crippen LogP contribution in [0.15, 0.2) is 5.11 Å². The van der Waals surface area contributed by atoms with Crippen molar-refractivity contribution < 1.29 is 14.9 Å². The van der Waals surface area contributed by atoms with Gasteiger partial charge in [-0.05, 0) is 12.5 Å². The SMILES string of the molecule is C[C@H]1O[CH][C@@H](O)[C@@H](O)[C@@H]1N=[N+]=[N-]. The summed E-state index contributed by atoms with van der Waals surface area (Å²) in [5.41, 5.74) is 8.14. The van der Waals surface area contributed by atoms with Crippen molar-refractivity contribution in [1.82, 2.24) is 0 Å². The third-order valence-electron chi connectivity index (χ3n) is 1.80. The standard InChI is InChI=1S/C6H10N3O3/c1-3-5(8-9-7)6(11)4(10)2-12-3/h2-6,10-11H,1H3/t3-,4-,5-,6-/m1/s1. The van der Waals surface area contributed by atoms with Gasteiger partial charge >= 0.3 is 0 Å². The number of aliphatic hydroxyl groups excluding tert-OH is 2. The van der Waals surface area contributed by atoms with Crippen molar-refractivity contribution in [2.75, 3.05) is 0 Å². The molecule has 0 saturated carbocycles. The van der Waals surface area contributed by atoms with Crippen LogP contribution >= 0.6 is 0 Å². The number of azide groups is 1. The number of ether oxygens (including phenoxy) is 1. The van der Waals surface area contributed by atoms with Crippen LogP contribution in [-0.2, 0) is 4.74 Å². The quantitative estimate of drug-likeness (QED) is 0.330. The number of hydrogen-bond donors (Lipinski definition) is 2. The zero-order valence-electron chi connectivity index (χ0n) is 6.53. The first kappa shape index (κ1) is 9.28. The minimum Gasteiger partial charge on any atom is -0.390 e. The molecule has 67 valence electrons. The zero-order valence-corrected chi connectivity index (χ0v) is 6.53. The molecule has 1 heterocycles. The van der Waals surface area contributed by atoms with Crippen LogP contribution in [0.4, 0.5) is 0 Å². The molecule has 6 heteroatoms. The summed E-state index contributed by atoms with van der Waals surface area (Å²) >= 11 is 0. The Morgan fingerprint density at radius 2 is 2.25 bits per heavy atom. The molecule has 1 aliphatic heterocycles. The van der Waals surface area contributed by atoms with Gasteiger partial charge in [0.2, 0.25) is 0 Å². The molecular weight excluding hydrogens is 162 g/mol. The van der Waals surface area contributed by atoms with E-state index in [1.807, 2.05) is 0 Å². The van der Waals surface area contributed by atoms with Crippen LogP contribution in [0.2, 0.25) is 0 Å². The highest BCUT2D eigenvalue weighted by atomic mass is 16.5. The van der Waals surface area contributed by atoms with Crippen LogP contribution in [-0.4, -0.2) is 34.6 Å². The molecule has 1 fully saturated rings. The number of aliphatic hydroxyl groups is 2. The van der Waals surface area contributed by atoms with Crippen LogP contribution < -0.4 is 0 Å². The molecule has 6 nitrogen and oxygen atoms in total. The maximum absolute atomic E-state index is 9.31. The normalized spacial score (nSPS) is 41.9. The Morgan fingerprint density at radius 3 is 2.83 bits per heavy atom. The Hall–Kier alpha value is -0.810. The van der Waals surface area contributed by atoms with Gasteiger partial charge in [-0.25, -0.2) is 0 Å². The largest absolute Gasteiger partial charge is 0.390 e. The molecule has 0 amide bonds. The molecule has 12 heavy (non-hydrogen) atoms. The van der Waals surface area contributed by atoms with Gasteiger partial charge in [-0.1, -0.05) is 5.11 Å². The fraction of sp³-hybridized carbons (Fsp3) is 0.833. The van der Waals surface area contributed by atoms with Crippen LogP contribution in [0.3, 0.4) is 0 Å². The highest BCUT2D eigenvalue weighted by Crippen LogP contribution is 2.20. The Labute approximate surface area is 69.4 Å². The van der Waals surface area contributed by atoms with Crippen molar-refractivity contribution in [2.24, 2.45) is 5.11 Å². The van der Waals surface area contributed by atoms with Gasteiger partial charge in [0.05, 0.1) is 18.2 Å². The van der Waals surface area contributed by atoms with Gasteiger partial charge in [-0.3, -0.25) is 0 Å². The second-order valence-electron chi connectivity index (χ2n) is 2.65. The minimum absolute atomic E-state index is 0.403. The molecule has 0 bridgehead atoms. The van der Waals surface area contributed by atoms with E-state index in [2.05, 4.69) is 10.0 Å². The maximum atomic E-state index is 9.31. The summed E-state index contributed by atoms with van der Waals surface area (Å²) in [7, 11) is 0. The van der Waals surface area contributed by atoms with E-state index in [4.69, 9.17) is 15.4 Å². The molecule has 0 aromatic carbocycles. The molecule has 0 spiro atoms. The van der Waals surface area contributed by atoms with E-state index in [1.165, 1.54) is 0 Å². The van der Waals surface area contributed by atoms with Gasteiger partial charge in [0.15, 0.2) is 0 Å². The van der Waals surface area contributed by atoms with Crippen LogP contribution in [0.25, 0.3) is 10.4 Å². The second kappa shape index (κ2) is 3.73. The molecular formula is C6H10N3O3. The number of rotatable bonds is 1. The molecule has 1 rings (SSSR count). The lowest BCUT2D eigenvalue weighted by Gasteiger charge is -2.33. The van der Waals surface area contributed by atoms with Gasteiger partial charge in [0.1, 0.15) is 12.7 Å². The summed E-state index contributed by atoms with van der Waals surface area (Å²) in [5.74, 6) is 0. The number of nitrogens with zero attached hydrogens (tertiary/aromatic N) is 3. The van der Waals surface area contributed by atoms with Crippen LogP contribution in [0, 0.1) is 6.61 Å². The first-order valence-corrected chi connectivity index (χ1v) is 3.56. The highest BCUT2D eigenvalue weighted by Gasteiger charge is 2.35. The fourth-order valence-electron chi connectivity index (χ4n) is 1.07. The van der Waals surface area contributed by atoms with Gasteiger partial charge in [0.25, 0.3) is 0 Å². The smallest absolute Gasteiger partial charge is 0.115 e. The predicted molar refractivity (Wildman–Crippen MR) is 39.8 cm³/mol. The Balaban J connectivity index is 2.71. The third-order valence-corrected chi connectivity index (χ3v) is 1.80. The highest BCUT2D eigenvalue weighted by molar-refractivity contribution is 4.94. The Morgan fingerprint density at radius 1 is 1.58 bits per heavy atom. The molecule has 1 aliphatic rings. The monoisotopic (exact) mass is 172 g/mol. The topological polar surface area (TPSA) is 98.5 Å². The fourth-order valence-corrected chi connectivity index (χ4v) is 1.07. The van der Waals surface area contributed by atoms with E-state index in [0.717, 1.165) is 6.61 Å². The number of hydrogen-bond acceptors (Lipinski definition) is 4. The van der Waals surface area contributed by atoms with Crippen molar-refractivity contribution in [3.8, 4) is 0 Å². The van der Waals surface area contributed by atoms with Crippen molar-refractivity contribution in [1.29, 1.82) is 0 Å². The summed E-state index contributed by atoms with van der Waals surface area (Å²) in [5, 5.41) is 21.7. The lowest BCUT2D eigenvalue weighted by atomic mass is 9.99. The van der Waals surface area contributed by atoms with Gasteiger partial charge in [0, 0.05) is 4.91 Å². The lowest BCUT2D eigenvalue weighted by molar-refractivity contribution is -0.0923. The average Bonchev–Trinajstić information content (AvgIpc) is 2.06. The summed E-state index contributed by atoms with van der Waals surface area (Å²) in [6.45, 7) is 2.80. The van der Waals surface area contributed by atoms with Gasteiger partial charge in [-0.15, -0.1) is 0 Å². The van der Waals surface area contributed by atoms with Gasteiger partial charge < -0.3 is 14.9 Å². The Kier molecular flexibility index (Phi) is 2.88. The van der Waals surface area contributed by atoms with Gasteiger partial charge in [-0.2, -0.15) is 0 Å². The molecule has 0 aromatic heterocycles. The van der Waals surface area contributed by atoms with E-state index in [1.54, 1.807) is 6.92 Å². The molecule has 0 aromatic rings. The van der Waals surface area contributed by atoms with E-state index >= 15 is 0 Å². The van der Waals surface area contributed by atoms with E-state index in [0.29, 0.717) is 0 Å². The molecule has 4 atom stereocenters. The molecule has 0 unspecified atom stereocenters. The van der Waals surface area contributed by atoms with E-state index in [9.17, 15) is 5.11 Å². The maximum Gasteiger partial charge on any atom is 0.115 e. The molecule has 0 aliphatic carbocycles. The summed E-state index contributed by atoms with van der Waals surface area (Å²) in [4.78, 5) is 2.55. The van der Waals surface area contributed by atoms with Crippen molar-refractivity contribution in [3.05, 3.63) is 17.0 Å².